The van der Waals surface area contributed by atoms with Crippen LogP contribution in [0.4, 0.5) is 5.69 Å². The molecule has 0 radical (unpaired) electrons. The summed E-state index contributed by atoms with van der Waals surface area (Å²) < 4.78 is 15.9. The first-order valence-electron chi connectivity index (χ1n) is 8.97. The van der Waals surface area contributed by atoms with Gasteiger partial charge in [0.1, 0.15) is 5.75 Å². The highest BCUT2D eigenvalue weighted by Crippen LogP contribution is 2.38. The summed E-state index contributed by atoms with van der Waals surface area (Å²) >= 11 is 0. The van der Waals surface area contributed by atoms with Gasteiger partial charge >= 0.3 is 5.69 Å². The number of nitrogens with zero attached hydrogens (tertiary/aromatic N) is 2. The Labute approximate surface area is 168 Å². The maximum atomic E-state index is 12.3. The molecule has 9 nitrogen and oxygen atoms in total. The van der Waals surface area contributed by atoms with E-state index in [1.807, 2.05) is 6.92 Å². The predicted molar refractivity (Wildman–Crippen MR) is 108 cm³/mol. The number of carbonyl (C=O) groups excluding carboxylic acids is 1. The van der Waals surface area contributed by atoms with Gasteiger partial charge in [-0.15, -0.1) is 0 Å². The van der Waals surface area contributed by atoms with Crippen LogP contribution < -0.4 is 19.6 Å². The smallest absolute Gasteiger partial charge is 0.315 e. The van der Waals surface area contributed by atoms with Crippen LogP contribution in [0.3, 0.4) is 0 Å². The summed E-state index contributed by atoms with van der Waals surface area (Å²) in [6.07, 6.45) is 2.95. The summed E-state index contributed by atoms with van der Waals surface area (Å²) in [5, 5.41) is 15.3. The molecular formula is C20H23N3O6. The second kappa shape index (κ2) is 10.6. The molecule has 2 rings (SSSR count). The summed E-state index contributed by atoms with van der Waals surface area (Å²) in [5.74, 6) is 0.222. The molecule has 0 atom stereocenters. The highest BCUT2D eigenvalue weighted by atomic mass is 16.6. The molecule has 0 bridgehead atoms. The number of nitro groups is 1. The quantitative estimate of drug-likeness (QED) is 0.282. The molecule has 2 aromatic rings. The maximum Gasteiger partial charge on any atom is 0.315 e. The van der Waals surface area contributed by atoms with E-state index in [4.69, 9.17) is 14.2 Å². The Morgan fingerprint density at radius 1 is 1.21 bits per heavy atom. The third-order valence-corrected chi connectivity index (χ3v) is 3.95. The number of nitrogens with one attached hydrogen (secondary N) is 1. The molecule has 9 heteroatoms. The molecule has 0 aliphatic heterocycles. The first kappa shape index (κ1) is 21.7. The zero-order valence-electron chi connectivity index (χ0n) is 16.5. The van der Waals surface area contributed by atoms with Gasteiger partial charge in [0.25, 0.3) is 5.91 Å². The largest absolute Gasteiger partial charge is 0.496 e. The Balaban J connectivity index is 2.22. The highest BCUT2D eigenvalue weighted by Gasteiger charge is 2.22. The number of hydrogen-bond donors (Lipinski definition) is 1. The van der Waals surface area contributed by atoms with Crippen molar-refractivity contribution >= 4 is 17.8 Å². The Morgan fingerprint density at radius 3 is 2.59 bits per heavy atom. The molecule has 0 heterocycles. The number of para-hydroxylation sites is 1. The van der Waals surface area contributed by atoms with Crippen molar-refractivity contribution in [1.29, 1.82) is 0 Å². The average Bonchev–Trinajstić information content (AvgIpc) is 2.73. The van der Waals surface area contributed by atoms with Crippen LogP contribution in [0.25, 0.3) is 0 Å². The molecule has 0 aliphatic rings. The number of rotatable bonds is 10. The third-order valence-electron chi connectivity index (χ3n) is 3.95. The number of unbranched alkanes of at least 4 members (excludes halogenated alkanes) is 1. The van der Waals surface area contributed by atoms with Crippen LogP contribution in [-0.4, -0.2) is 37.9 Å². The Bertz CT molecular complexity index is 898. The van der Waals surface area contributed by atoms with Crippen LogP contribution >= 0.6 is 0 Å². The SMILES string of the molecule is CCCCOc1c(OC)cc(/C=N/NC(=O)c2ccccc2OC)cc1[N+](=O)[O-]. The van der Waals surface area contributed by atoms with Gasteiger partial charge in [-0.2, -0.15) is 5.10 Å². The standard InChI is InChI=1S/C20H23N3O6/c1-4-5-10-29-19-16(23(25)26)11-14(12-18(19)28-3)13-21-22-20(24)15-8-6-7-9-17(15)27-2/h6-9,11-13H,4-5,10H2,1-3H3,(H,22,24)/b21-13+. The summed E-state index contributed by atoms with van der Waals surface area (Å²) in [7, 11) is 2.86. The van der Waals surface area contributed by atoms with E-state index in [1.54, 1.807) is 30.3 Å². The van der Waals surface area contributed by atoms with Crippen molar-refractivity contribution in [3.8, 4) is 17.2 Å². The third kappa shape index (κ3) is 5.68. The number of ether oxygens (including phenoxy) is 3. The van der Waals surface area contributed by atoms with Gasteiger partial charge in [-0.3, -0.25) is 14.9 Å². The first-order valence-corrected chi connectivity index (χ1v) is 8.97. The molecule has 1 amide bonds. The second-order valence-electron chi connectivity index (χ2n) is 5.93. The Kier molecular flexibility index (Phi) is 7.96. The minimum Gasteiger partial charge on any atom is -0.496 e. The van der Waals surface area contributed by atoms with E-state index in [9.17, 15) is 14.9 Å². The van der Waals surface area contributed by atoms with Gasteiger partial charge in [-0.05, 0) is 24.6 Å². The van der Waals surface area contributed by atoms with Gasteiger partial charge in [-0.1, -0.05) is 25.5 Å². The summed E-state index contributed by atoms with van der Waals surface area (Å²) in [6.45, 7) is 2.34. The van der Waals surface area contributed by atoms with E-state index in [1.165, 1.54) is 26.5 Å². The van der Waals surface area contributed by atoms with E-state index in [2.05, 4.69) is 10.5 Å². The molecule has 0 saturated carbocycles. The van der Waals surface area contributed by atoms with Crippen molar-refractivity contribution in [3.63, 3.8) is 0 Å². The normalized spacial score (nSPS) is 10.6. The van der Waals surface area contributed by atoms with Gasteiger partial charge in [0, 0.05) is 11.6 Å². The molecule has 0 spiro atoms. The zero-order chi connectivity index (χ0) is 21.2. The zero-order valence-corrected chi connectivity index (χ0v) is 16.5. The lowest BCUT2D eigenvalue weighted by Gasteiger charge is -2.11. The number of hydrazone groups is 1. The molecule has 0 fully saturated rings. The van der Waals surface area contributed by atoms with Gasteiger partial charge in [0.15, 0.2) is 5.75 Å². The Hall–Kier alpha value is -3.62. The molecule has 0 aromatic heterocycles. The number of methoxy groups -OCH3 is 2. The monoisotopic (exact) mass is 401 g/mol. The topological polar surface area (TPSA) is 112 Å². The number of hydrogen-bond acceptors (Lipinski definition) is 7. The van der Waals surface area contributed by atoms with Crippen molar-refractivity contribution in [2.75, 3.05) is 20.8 Å². The van der Waals surface area contributed by atoms with E-state index < -0.39 is 10.8 Å². The van der Waals surface area contributed by atoms with Crippen molar-refractivity contribution in [2.45, 2.75) is 19.8 Å². The lowest BCUT2D eigenvalue weighted by atomic mass is 10.2. The van der Waals surface area contributed by atoms with E-state index in [0.29, 0.717) is 23.5 Å². The molecule has 0 saturated heterocycles. The van der Waals surface area contributed by atoms with Crippen LogP contribution in [0.15, 0.2) is 41.5 Å². The van der Waals surface area contributed by atoms with Crippen molar-refractivity contribution in [3.05, 3.63) is 57.6 Å². The molecule has 2 aromatic carbocycles. The summed E-state index contributed by atoms with van der Waals surface area (Å²) in [5.41, 5.74) is 2.82. The van der Waals surface area contributed by atoms with E-state index in [-0.39, 0.29) is 17.2 Å². The number of amides is 1. The van der Waals surface area contributed by atoms with Crippen LogP contribution in [0.2, 0.25) is 0 Å². The average molecular weight is 401 g/mol. The lowest BCUT2D eigenvalue weighted by molar-refractivity contribution is -0.386. The maximum absolute atomic E-state index is 12.3. The fourth-order valence-corrected chi connectivity index (χ4v) is 2.49. The van der Waals surface area contributed by atoms with Crippen molar-refractivity contribution < 1.29 is 23.9 Å². The van der Waals surface area contributed by atoms with Gasteiger partial charge < -0.3 is 14.2 Å². The van der Waals surface area contributed by atoms with Crippen LogP contribution in [-0.2, 0) is 0 Å². The van der Waals surface area contributed by atoms with Gasteiger partial charge in [-0.25, -0.2) is 5.43 Å². The van der Waals surface area contributed by atoms with E-state index in [0.717, 1.165) is 12.8 Å². The van der Waals surface area contributed by atoms with Crippen LogP contribution in [0, 0.1) is 10.1 Å². The minimum absolute atomic E-state index is 0.0705. The summed E-state index contributed by atoms with van der Waals surface area (Å²) in [4.78, 5) is 23.2. The molecule has 29 heavy (non-hydrogen) atoms. The summed E-state index contributed by atoms with van der Waals surface area (Å²) in [6, 6.07) is 9.56. The highest BCUT2D eigenvalue weighted by molar-refractivity contribution is 5.97. The molecule has 0 aliphatic carbocycles. The number of nitro benzene ring substituents is 1. The molecule has 1 N–H and O–H groups in total. The second-order valence-corrected chi connectivity index (χ2v) is 5.93. The molecule has 154 valence electrons. The van der Waals surface area contributed by atoms with Crippen LogP contribution in [0.5, 0.6) is 17.2 Å². The Morgan fingerprint density at radius 2 is 1.93 bits per heavy atom. The van der Waals surface area contributed by atoms with Gasteiger partial charge in [0.2, 0.25) is 5.75 Å². The fraction of sp³-hybridized carbons (Fsp3) is 0.300. The van der Waals surface area contributed by atoms with E-state index >= 15 is 0 Å². The lowest BCUT2D eigenvalue weighted by Crippen LogP contribution is -2.18. The molecular weight excluding hydrogens is 378 g/mol. The van der Waals surface area contributed by atoms with Crippen LogP contribution in [0.1, 0.15) is 35.7 Å². The minimum atomic E-state index is -0.547. The fourth-order valence-electron chi connectivity index (χ4n) is 2.49. The van der Waals surface area contributed by atoms with Crippen molar-refractivity contribution in [2.24, 2.45) is 5.10 Å². The molecule has 0 unspecified atom stereocenters. The number of benzene rings is 2. The number of carbonyl (C=O) groups is 1. The predicted octanol–water partition coefficient (Wildman–Crippen LogP) is 3.55. The first-order chi connectivity index (χ1) is 14.0. The van der Waals surface area contributed by atoms with Gasteiger partial charge in [0.05, 0.1) is 37.5 Å². The van der Waals surface area contributed by atoms with Crippen molar-refractivity contribution in [1.82, 2.24) is 5.43 Å².